The van der Waals surface area contributed by atoms with Gasteiger partial charge in [0.05, 0.1) is 0 Å². The predicted octanol–water partition coefficient (Wildman–Crippen LogP) is 1.37. The predicted molar refractivity (Wildman–Crippen MR) is 61.2 cm³/mol. The van der Waals surface area contributed by atoms with Crippen LogP contribution in [0.5, 0.6) is 0 Å². The summed E-state index contributed by atoms with van der Waals surface area (Å²) < 4.78 is 0. The maximum atomic E-state index is 5.91. The molecular formula is C10H15ClN4. The molecule has 0 radical (unpaired) electrons. The van der Waals surface area contributed by atoms with Crippen molar-refractivity contribution < 1.29 is 0 Å². The molecule has 0 spiro atoms. The third-order valence-electron chi connectivity index (χ3n) is 2.72. The van der Waals surface area contributed by atoms with E-state index in [-0.39, 0.29) is 0 Å². The summed E-state index contributed by atoms with van der Waals surface area (Å²) in [5.41, 5.74) is 6.60. The van der Waals surface area contributed by atoms with Crippen LogP contribution in [-0.2, 0) is 0 Å². The summed E-state index contributed by atoms with van der Waals surface area (Å²) in [5.74, 6) is 0.716. The highest BCUT2D eigenvalue weighted by Crippen LogP contribution is 2.23. The summed E-state index contributed by atoms with van der Waals surface area (Å²) in [7, 11) is 0. The molecule has 1 atom stereocenters. The van der Waals surface area contributed by atoms with Crippen molar-refractivity contribution in [1.29, 1.82) is 0 Å². The molecule has 1 saturated heterocycles. The minimum Gasteiger partial charge on any atom is -0.337 e. The van der Waals surface area contributed by atoms with E-state index in [9.17, 15) is 0 Å². The molecule has 0 aromatic carbocycles. The molecule has 1 aromatic heterocycles. The molecule has 0 aliphatic carbocycles. The highest BCUT2D eigenvalue weighted by Gasteiger charge is 2.25. The smallest absolute Gasteiger partial charge is 0.227 e. The second-order valence-electron chi connectivity index (χ2n) is 3.86. The number of hydrogen-bond donors (Lipinski definition) is 1. The van der Waals surface area contributed by atoms with E-state index in [1.807, 2.05) is 6.92 Å². The molecule has 0 bridgehead atoms. The van der Waals surface area contributed by atoms with Crippen LogP contribution < -0.4 is 10.6 Å². The van der Waals surface area contributed by atoms with Gasteiger partial charge in [-0.05, 0) is 25.8 Å². The first kappa shape index (κ1) is 10.6. The number of nitrogens with zero attached hydrogens (tertiary/aromatic N) is 3. The number of halogens is 1. The quantitative estimate of drug-likeness (QED) is 0.774. The Morgan fingerprint density at radius 1 is 1.60 bits per heavy atom. The summed E-state index contributed by atoms with van der Waals surface area (Å²) in [6.07, 6.45) is 2.27. The second-order valence-corrected chi connectivity index (χ2v) is 4.24. The highest BCUT2D eigenvalue weighted by molar-refractivity contribution is 6.29. The third-order valence-corrected chi connectivity index (χ3v) is 2.91. The first-order valence-corrected chi connectivity index (χ1v) is 5.56. The molecule has 4 nitrogen and oxygen atoms in total. The first-order chi connectivity index (χ1) is 7.20. The number of rotatable bonds is 2. The fraction of sp³-hybridized carbons (Fsp3) is 0.600. The van der Waals surface area contributed by atoms with Gasteiger partial charge in [-0.3, -0.25) is 0 Å². The largest absolute Gasteiger partial charge is 0.337 e. The van der Waals surface area contributed by atoms with Crippen molar-refractivity contribution in [2.45, 2.75) is 25.8 Å². The number of hydrogen-bond acceptors (Lipinski definition) is 4. The van der Waals surface area contributed by atoms with E-state index in [0.29, 0.717) is 23.7 Å². The minimum absolute atomic E-state index is 0.364. The van der Waals surface area contributed by atoms with Crippen LogP contribution in [0.4, 0.5) is 5.95 Å². The van der Waals surface area contributed by atoms with Crippen molar-refractivity contribution >= 4 is 17.5 Å². The van der Waals surface area contributed by atoms with E-state index in [2.05, 4.69) is 14.9 Å². The van der Waals surface area contributed by atoms with E-state index < -0.39 is 0 Å². The lowest BCUT2D eigenvalue weighted by Gasteiger charge is -2.23. The Balaban J connectivity index is 2.28. The lowest BCUT2D eigenvalue weighted by molar-refractivity contribution is 0.663. The Morgan fingerprint density at radius 3 is 3.07 bits per heavy atom. The molecule has 5 heteroatoms. The average molecular weight is 227 g/mol. The van der Waals surface area contributed by atoms with E-state index >= 15 is 0 Å². The fourth-order valence-electron chi connectivity index (χ4n) is 1.99. The van der Waals surface area contributed by atoms with Gasteiger partial charge in [0.1, 0.15) is 5.15 Å². The molecule has 1 aliphatic heterocycles. The van der Waals surface area contributed by atoms with Gasteiger partial charge in [-0.15, -0.1) is 0 Å². The van der Waals surface area contributed by atoms with Crippen LogP contribution in [0.3, 0.4) is 0 Å². The van der Waals surface area contributed by atoms with Crippen molar-refractivity contribution in [3.8, 4) is 0 Å². The van der Waals surface area contributed by atoms with Crippen LogP contribution in [0, 0.1) is 6.92 Å². The van der Waals surface area contributed by atoms with E-state index in [1.165, 1.54) is 0 Å². The molecule has 2 N–H and O–H groups in total. The van der Waals surface area contributed by atoms with Gasteiger partial charge in [0.2, 0.25) is 5.95 Å². The van der Waals surface area contributed by atoms with Crippen molar-refractivity contribution in [3.05, 3.63) is 16.9 Å². The maximum Gasteiger partial charge on any atom is 0.227 e. The Labute approximate surface area is 94.5 Å². The topological polar surface area (TPSA) is 55.0 Å². The number of anilines is 1. The molecule has 0 saturated carbocycles. The minimum atomic E-state index is 0.364. The van der Waals surface area contributed by atoms with Gasteiger partial charge in [0, 0.05) is 24.8 Å². The van der Waals surface area contributed by atoms with Gasteiger partial charge in [0.25, 0.3) is 0 Å². The Hall–Kier alpha value is -0.870. The molecule has 1 aliphatic rings. The molecule has 1 fully saturated rings. The maximum absolute atomic E-state index is 5.91. The molecule has 1 unspecified atom stereocenters. The average Bonchev–Trinajstić information content (AvgIpc) is 2.63. The van der Waals surface area contributed by atoms with Gasteiger partial charge >= 0.3 is 0 Å². The lowest BCUT2D eigenvalue weighted by Crippen LogP contribution is -2.36. The van der Waals surface area contributed by atoms with Crippen LogP contribution >= 0.6 is 11.6 Å². The fourth-order valence-corrected chi connectivity index (χ4v) is 2.22. The normalized spacial score (nSPS) is 21.0. The van der Waals surface area contributed by atoms with Crippen LogP contribution in [0.2, 0.25) is 5.15 Å². The van der Waals surface area contributed by atoms with Gasteiger partial charge in [-0.1, -0.05) is 11.6 Å². The Bertz CT molecular complexity index is 335. The zero-order valence-corrected chi connectivity index (χ0v) is 9.54. The molecule has 2 heterocycles. The summed E-state index contributed by atoms with van der Waals surface area (Å²) in [6, 6.07) is 2.13. The third kappa shape index (κ3) is 2.21. The van der Waals surface area contributed by atoms with Gasteiger partial charge in [-0.2, -0.15) is 0 Å². The van der Waals surface area contributed by atoms with Crippen LogP contribution in [0.15, 0.2) is 6.07 Å². The molecule has 82 valence electrons. The lowest BCUT2D eigenvalue weighted by atomic mass is 10.2. The van der Waals surface area contributed by atoms with Crippen molar-refractivity contribution in [3.63, 3.8) is 0 Å². The van der Waals surface area contributed by atoms with Crippen molar-refractivity contribution in [1.82, 2.24) is 9.97 Å². The number of nitrogens with two attached hydrogens (primary N) is 1. The van der Waals surface area contributed by atoms with E-state index in [0.717, 1.165) is 25.1 Å². The number of aryl methyl sites for hydroxylation is 1. The van der Waals surface area contributed by atoms with E-state index in [1.54, 1.807) is 6.07 Å². The summed E-state index contributed by atoms with van der Waals surface area (Å²) in [5, 5.41) is 0.500. The summed E-state index contributed by atoms with van der Waals surface area (Å²) in [6.45, 7) is 3.54. The Kier molecular flexibility index (Phi) is 3.07. The van der Waals surface area contributed by atoms with Crippen LogP contribution in [0.1, 0.15) is 18.5 Å². The first-order valence-electron chi connectivity index (χ1n) is 5.18. The number of aromatic nitrogens is 2. The SMILES string of the molecule is Cc1cc(Cl)nc(N2CCCC2CN)n1. The van der Waals surface area contributed by atoms with E-state index in [4.69, 9.17) is 17.3 Å². The second kappa shape index (κ2) is 4.33. The zero-order chi connectivity index (χ0) is 10.8. The molecule has 15 heavy (non-hydrogen) atoms. The highest BCUT2D eigenvalue weighted by atomic mass is 35.5. The summed E-state index contributed by atoms with van der Waals surface area (Å²) >= 11 is 5.91. The summed E-state index contributed by atoms with van der Waals surface area (Å²) in [4.78, 5) is 10.8. The van der Waals surface area contributed by atoms with Gasteiger partial charge < -0.3 is 10.6 Å². The molecule has 1 aromatic rings. The standard InChI is InChI=1S/C10H15ClN4/c1-7-5-9(11)14-10(13-7)15-4-2-3-8(15)6-12/h5,8H,2-4,6,12H2,1H3. The monoisotopic (exact) mass is 226 g/mol. The zero-order valence-electron chi connectivity index (χ0n) is 8.78. The van der Waals surface area contributed by atoms with Crippen LogP contribution in [0.25, 0.3) is 0 Å². The van der Waals surface area contributed by atoms with Crippen LogP contribution in [-0.4, -0.2) is 29.1 Å². The Morgan fingerprint density at radius 2 is 2.40 bits per heavy atom. The molecular weight excluding hydrogens is 212 g/mol. The van der Waals surface area contributed by atoms with Gasteiger partial charge in [0.15, 0.2) is 0 Å². The van der Waals surface area contributed by atoms with Crippen molar-refractivity contribution in [2.24, 2.45) is 5.73 Å². The molecule has 2 rings (SSSR count). The van der Waals surface area contributed by atoms with Crippen molar-refractivity contribution in [2.75, 3.05) is 18.0 Å². The van der Waals surface area contributed by atoms with Gasteiger partial charge in [-0.25, -0.2) is 9.97 Å². The molecule has 0 amide bonds.